The van der Waals surface area contributed by atoms with Crippen LogP contribution in [0.3, 0.4) is 0 Å². The molecule has 14 heavy (non-hydrogen) atoms. The number of rotatable bonds is 2. The van der Waals surface area contributed by atoms with Crippen molar-refractivity contribution in [2.45, 2.75) is 6.92 Å². The Morgan fingerprint density at radius 3 is 2.57 bits per heavy atom. The molecular formula is C11H9NOS. The van der Waals surface area contributed by atoms with Gasteiger partial charge in [0, 0.05) is 0 Å². The topological polar surface area (TPSA) is 30.0 Å². The highest BCUT2D eigenvalue weighted by Crippen LogP contribution is 2.28. The zero-order valence-electron chi connectivity index (χ0n) is 7.73. The van der Waals surface area contributed by atoms with Crippen molar-refractivity contribution in [1.29, 1.82) is 0 Å². The summed E-state index contributed by atoms with van der Waals surface area (Å²) in [5, 5.41) is 0.543. The van der Waals surface area contributed by atoms with Crippen LogP contribution in [0.1, 0.15) is 15.5 Å². The van der Waals surface area contributed by atoms with Gasteiger partial charge < -0.3 is 0 Å². The van der Waals surface area contributed by atoms with Gasteiger partial charge in [0.1, 0.15) is 0 Å². The summed E-state index contributed by atoms with van der Waals surface area (Å²) in [4.78, 5) is 15.8. The van der Waals surface area contributed by atoms with Gasteiger partial charge in [-0.05, 0) is 12.5 Å². The number of nitrogens with zero attached hydrogens (tertiary/aromatic N) is 1. The van der Waals surface area contributed by atoms with Gasteiger partial charge in [0.05, 0.1) is 10.6 Å². The number of hydrogen-bond acceptors (Lipinski definition) is 3. The molecule has 0 radical (unpaired) electrons. The van der Waals surface area contributed by atoms with Gasteiger partial charge in [-0.2, -0.15) is 0 Å². The molecule has 0 spiro atoms. The van der Waals surface area contributed by atoms with Gasteiger partial charge in [0.25, 0.3) is 0 Å². The summed E-state index contributed by atoms with van der Waals surface area (Å²) >= 11 is 1.43. The Hall–Kier alpha value is -1.48. The number of thiazole rings is 1. The van der Waals surface area contributed by atoms with E-state index in [1.165, 1.54) is 11.3 Å². The number of aryl methyl sites for hydroxylation is 1. The molecule has 1 heterocycles. The third-order valence-electron chi connectivity index (χ3n) is 1.95. The lowest BCUT2D eigenvalue weighted by molar-refractivity contribution is 0.112. The number of aldehydes is 1. The van der Waals surface area contributed by atoms with Crippen molar-refractivity contribution in [3.8, 4) is 10.4 Å². The summed E-state index contributed by atoms with van der Waals surface area (Å²) in [6.45, 7) is 1.92. The van der Waals surface area contributed by atoms with Crippen molar-refractivity contribution in [3.63, 3.8) is 0 Å². The van der Waals surface area contributed by atoms with Gasteiger partial charge in [-0.15, -0.1) is 11.3 Å². The lowest BCUT2D eigenvalue weighted by atomic mass is 10.2. The van der Waals surface area contributed by atoms with Crippen LogP contribution in [-0.4, -0.2) is 11.3 Å². The van der Waals surface area contributed by atoms with Crippen molar-refractivity contribution in [1.82, 2.24) is 4.98 Å². The van der Waals surface area contributed by atoms with Crippen LogP contribution in [0.15, 0.2) is 30.3 Å². The maximum atomic E-state index is 10.6. The van der Waals surface area contributed by atoms with E-state index in [0.29, 0.717) is 5.01 Å². The van der Waals surface area contributed by atoms with Crippen LogP contribution in [0.4, 0.5) is 0 Å². The summed E-state index contributed by atoms with van der Waals surface area (Å²) in [5.74, 6) is 0. The summed E-state index contributed by atoms with van der Waals surface area (Å²) in [6, 6.07) is 9.98. The fraction of sp³-hybridized carbons (Fsp3) is 0.0909. The van der Waals surface area contributed by atoms with Crippen molar-refractivity contribution >= 4 is 17.6 Å². The molecule has 0 N–H and O–H groups in total. The Labute approximate surface area is 86.2 Å². The van der Waals surface area contributed by atoms with E-state index in [1.807, 2.05) is 37.3 Å². The molecule has 70 valence electrons. The molecule has 2 nitrogen and oxygen atoms in total. The molecule has 0 aliphatic heterocycles. The maximum Gasteiger partial charge on any atom is 0.178 e. The smallest absolute Gasteiger partial charge is 0.178 e. The molecule has 0 bridgehead atoms. The Bertz CT molecular complexity index is 448. The minimum atomic E-state index is 0.543. The molecule has 2 aromatic rings. The van der Waals surface area contributed by atoms with Crippen LogP contribution in [0.25, 0.3) is 10.4 Å². The van der Waals surface area contributed by atoms with Gasteiger partial charge in [0.2, 0.25) is 0 Å². The molecule has 0 atom stereocenters. The van der Waals surface area contributed by atoms with Gasteiger partial charge in [-0.3, -0.25) is 4.79 Å². The molecule has 0 saturated heterocycles. The lowest BCUT2D eigenvalue weighted by Crippen LogP contribution is -1.78. The van der Waals surface area contributed by atoms with Gasteiger partial charge in [-0.25, -0.2) is 4.98 Å². The van der Waals surface area contributed by atoms with Crippen LogP contribution < -0.4 is 0 Å². The summed E-state index contributed by atoms with van der Waals surface area (Å²) in [5.41, 5.74) is 2.04. The highest BCUT2D eigenvalue weighted by atomic mass is 32.1. The van der Waals surface area contributed by atoms with E-state index in [9.17, 15) is 4.79 Å². The van der Waals surface area contributed by atoms with Gasteiger partial charge in [0.15, 0.2) is 11.3 Å². The second-order valence-corrected chi connectivity index (χ2v) is 3.98. The van der Waals surface area contributed by atoms with E-state index in [0.717, 1.165) is 22.4 Å². The summed E-state index contributed by atoms with van der Waals surface area (Å²) in [7, 11) is 0. The molecule has 0 fully saturated rings. The molecule has 0 aliphatic carbocycles. The van der Waals surface area contributed by atoms with Crippen LogP contribution >= 0.6 is 11.3 Å². The monoisotopic (exact) mass is 203 g/mol. The maximum absolute atomic E-state index is 10.6. The zero-order chi connectivity index (χ0) is 9.97. The fourth-order valence-corrected chi connectivity index (χ4v) is 2.21. The molecule has 3 heteroatoms. The van der Waals surface area contributed by atoms with Crippen LogP contribution in [0.5, 0.6) is 0 Å². The van der Waals surface area contributed by atoms with Crippen molar-refractivity contribution in [2.75, 3.05) is 0 Å². The van der Waals surface area contributed by atoms with E-state index in [2.05, 4.69) is 4.98 Å². The number of benzene rings is 1. The van der Waals surface area contributed by atoms with Crippen molar-refractivity contribution in [2.24, 2.45) is 0 Å². The molecule has 2 rings (SSSR count). The minimum Gasteiger partial charge on any atom is -0.295 e. The van der Waals surface area contributed by atoms with Gasteiger partial charge >= 0.3 is 0 Å². The second kappa shape index (κ2) is 3.72. The SMILES string of the molecule is Cc1nc(C=O)sc1-c1ccccc1. The summed E-state index contributed by atoms with van der Waals surface area (Å²) in [6.07, 6.45) is 0.796. The standard InChI is InChI=1S/C11H9NOS/c1-8-11(14-10(7-13)12-8)9-5-3-2-4-6-9/h2-7H,1H3. The molecule has 0 saturated carbocycles. The Balaban J connectivity index is 2.51. The first-order valence-electron chi connectivity index (χ1n) is 4.29. The van der Waals surface area contributed by atoms with Gasteiger partial charge in [-0.1, -0.05) is 30.3 Å². The highest BCUT2D eigenvalue weighted by molar-refractivity contribution is 7.16. The normalized spacial score (nSPS) is 10.1. The van der Waals surface area contributed by atoms with E-state index >= 15 is 0 Å². The largest absolute Gasteiger partial charge is 0.295 e. The average molecular weight is 203 g/mol. The third-order valence-corrected chi connectivity index (χ3v) is 3.08. The van der Waals surface area contributed by atoms with Crippen molar-refractivity contribution in [3.05, 3.63) is 41.0 Å². The fourth-order valence-electron chi connectivity index (χ4n) is 1.33. The van der Waals surface area contributed by atoms with E-state index in [-0.39, 0.29) is 0 Å². The number of carbonyl (C=O) groups is 1. The molecule has 0 unspecified atom stereocenters. The molecular weight excluding hydrogens is 194 g/mol. The van der Waals surface area contributed by atoms with Crippen molar-refractivity contribution < 1.29 is 4.79 Å². The van der Waals surface area contributed by atoms with E-state index < -0.39 is 0 Å². The van der Waals surface area contributed by atoms with Crippen LogP contribution in [-0.2, 0) is 0 Å². The van der Waals surface area contributed by atoms with E-state index in [4.69, 9.17) is 0 Å². The Morgan fingerprint density at radius 2 is 2.00 bits per heavy atom. The molecule has 0 amide bonds. The number of carbonyl (C=O) groups excluding carboxylic acids is 1. The second-order valence-electron chi connectivity index (χ2n) is 2.95. The number of hydrogen-bond donors (Lipinski definition) is 0. The van der Waals surface area contributed by atoms with E-state index in [1.54, 1.807) is 0 Å². The summed E-state index contributed by atoms with van der Waals surface area (Å²) < 4.78 is 0. The predicted molar refractivity (Wildman–Crippen MR) is 57.7 cm³/mol. The predicted octanol–water partition coefficient (Wildman–Crippen LogP) is 2.93. The molecule has 1 aromatic heterocycles. The first-order valence-corrected chi connectivity index (χ1v) is 5.11. The molecule has 0 aliphatic rings. The Morgan fingerprint density at radius 1 is 1.29 bits per heavy atom. The highest BCUT2D eigenvalue weighted by Gasteiger charge is 2.07. The lowest BCUT2D eigenvalue weighted by Gasteiger charge is -1.96. The Kier molecular flexibility index (Phi) is 2.41. The average Bonchev–Trinajstić information content (AvgIpc) is 2.61. The first kappa shape index (κ1) is 9.09. The van der Waals surface area contributed by atoms with Crippen LogP contribution in [0.2, 0.25) is 0 Å². The molecule has 1 aromatic carbocycles. The minimum absolute atomic E-state index is 0.543. The number of aromatic nitrogens is 1. The first-order chi connectivity index (χ1) is 6.81. The van der Waals surface area contributed by atoms with Crippen LogP contribution in [0, 0.1) is 6.92 Å². The zero-order valence-corrected chi connectivity index (χ0v) is 8.54. The quantitative estimate of drug-likeness (QED) is 0.702. The third kappa shape index (κ3) is 1.59.